The van der Waals surface area contributed by atoms with Crippen LogP contribution in [0.1, 0.15) is 41.4 Å². The summed E-state index contributed by atoms with van der Waals surface area (Å²) in [6, 6.07) is 5.11. The maximum Gasteiger partial charge on any atom is 0.335 e. The van der Waals surface area contributed by atoms with Gasteiger partial charge in [-0.25, -0.2) is 4.79 Å². The number of amides is 1. The third-order valence-electron chi connectivity index (χ3n) is 3.34. The Morgan fingerprint density at radius 2 is 2.12 bits per heavy atom. The number of hydrogen-bond donors (Lipinski definition) is 1. The molecule has 4 heteroatoms. The zero-order chi connectivity index (χ0) is 12.6. The number of carbonyl (C=O) groups is 2. The molecule has 1 atom stereocenters. The van der Waals surface area contributed by atoms with E-state index >= 15 is 0 Å². The average Bonchev–Trinajstić information content (AvgIpc) is 2.28. The molecular formula is C13H15NO3. The van der Waals surface area contributed by atoms with Gasteiger partial charge in [0.05, 0.1) is 11.6 Å². The highest BCUT2D eigenvalue weighted by molar-refractivity contribution is 5.88. The van der Waals surface area contributed by atoms with Crippen molar-refractivity contribution in [2.24, 2.45) is 0 Å². The van der Waals surface area contributed by atoms with E-state index in [4.69, 9.17) is 5.11 Å². The van der Waals surface area contributed by atoms with Gasteiger partial charge in [-0.3, -0.25) is 4.79 Å². The first-order valence-electron chi connectivity index (χ1n) is 5.64. The fourth-order valence-electron chi connectivity index (χ4n) is 2.38. The molecule has 90 valence electrons. The molecule has 1 amide bonds. The van der Waals surface area contributed by atoms with Crippen LogP contribution in [0.15, 0.2) is 18.2 Å². The van der Waals surface area contributed by atoms with Crippen molar-refractivity contribution in [3.05, 3.63) is 34.9 Å². The van der Waals surface area contributed by atoms with Gasteiger partial charge in [0, 0.05) is 13.5 Å². The lowest BCUT2D eigenvalue weighted by Crippen LogP contribution is -2.37. The first-order valence-corrected chi connectivity index (χ1v) is 5.64. The molecule has 17 heavy (non-hydrogen) atoms. The molecule has 1 aliphatic rings. The summed E-state index contributed by atoms with van der Waals surface area (Å²) < 4.78 is 0. The van der Waals surface area contributed by atoms with E-state index in [9.17, 15) is 9.59 Å². The smallest absolute Gasteiger partial charge is 0.335 e. The molecule has 0 saturated heterocycles. The van der Waals surface area contributed by atoms with Crippen molar-refractivity contribution < 1.29 is 14.7 Å². The Labute approximate surface area is 99.9 Å². The second-order valence-corrected chi connectivity index (χ2v) is 4.36. The van der Waals surface area contributed by atoms with Crippen LogP contribution in [0.4, 0.5) is 0 Å². The topological polar surface area (TPSA) is 57.6 Å². The monoisotopic (exact) mass is 233 g/mol. The number of carbonyl (C=O) groups excluding carboxylic acids is 1. The Bertz CT molecular complexity index is 482. The third-order valence-corrected chi connectivity index (χ3v) is 3.34. The fourth-order valence-corrected chi connectivity index (χ4v) is 2.38. The minimum atomic E-state index is -0.931. The Morgan fingerprint density at radius 1 is 1.41 bits per heavy atom. The molecule has 0 aliphatic carbocycles. The number of benzene rings is 1. The van der Waals surface area contributed by atoms with Gasteiger partial charge in [0.25, 0.3) is 0 Å². The molecular weight excluding hydrogens is 218 g/mol. The molecule has 1 aliphatic heterocycles. The summed E-state index contributed by atoms with van der Waals surface area (Å²) in [5.41, 5.74) is 2.37. The summed E-state index contributed by atoms with van der Waals surface area (Å²) in [5.74, 6) is -0.899. The SMILES string of the molecule is CC(=O)N1CCc2ccc(C(=O)O)cc2C1C. The van der Waals surface area contributed by atoms with Gasteiger partial charge in [-0.2, -0.15) is 0 Å². The van der Waals surface area contributed by atoms with Crippen molar-refractivity contribution >= 4 is 11.9 Å². The molecule has 0 radical (unpaired) electrons. The van der Waals surface area contributed by atoms with Gasteiger partial charge in [0.1, 0.15) is 0 Å². The van der Waals surface area contributed by atoms with E-state index in [1.165, 1.54) is 0 Å². The van der Waals surface area contributed by atoms with Crippen LogP contribution in [0.25, 0.3) is 0 Å². The second-order valence-electron chi connectivity index (χ2n) is 4.36. The summed E-state index contributed by atoms with van der Waals surface area (Å²) in [7, 11) is 0. The summed E-state index contributed by atoms with van der Waals surface area (Å²) in [4.78, 5) is 24.1. The van der Waals surface area contributed by atoms with Crippen molar-refractivity contribution in [3.8, 4) is 0 Å². The van der Waals surface area contributed by atoms with Gasteiger partial charge >= 0.3 is 5.97 Å². The number of carboxylic acids is 1. The van der Waals surface area contributed by atoms with Crippen LogP contribution in [0.5, 0.6) is 0 Å². The predicted molar refractivity (Wildman–Crippen MR) is 62.9 cm³/mol. The second kappa shape index (κ2) is 4.20. The molecule has 1 aromatic carbocycles. The first-order chi connectivity index (χ1) is 8.00. The molecule has 0 fully saturated rings. The number of fused-ring (bicyclic) bond motifs is 1. The quantitative estimate of drug-likeness (QED) is 0.805. The highest BCUT2D eigenvalue weighted by Crippen LogP contribution is 2.30. The van der Waals surface area contributed by atoms with E-state index in [0.717, 1.165) is 17.5 Å². The Morgan fingerprint density at radius 3 is 2.71 bits per heavy atom. The molecule has 0 bridgehead atoms. The van der Waals surface area contributed by atoms with Crippen LogP contribution in [0.2, 0.25) is 0 Å². The van der Waals surface area contributed by atoms with Crippen LogP contribution in [0.3, 0.4) is 0 Å². The van der Waals surface area contributed by atoms with Gasteiger partial charge in [0.2, 0.25) is 5.91 Å². The zero-order valence-electron chi connectivity index (χ0n) is 9.93. The molecule has 1 unspecified atom stereocenters. The van der Waals surface area contributed by atoms with Crippen molar-refractivity contribution in [3.63, 3.8) is 0 Å². The van der Waals surface area contributed by atoms with Crippen LogP contribution in [-0.4, -0.2) is 28.4 Å². The number of hydrogen-bond acceptors (Lipinski definition) is 2. The molecule has 1 heterocycles. The van der Waals surface area contributed by atoms with Crippen molar-refractivity contribution in [2.45, 2.75) is 26.3 Å². The molecule has 1 aromatic rings. The first kappa shape index (κ1) is 11.6. The lowest BCUT2D eigenvalue weighted by molar-refractivity contribution is -0.131. The van der Waals surface area contributed by atoms with Gasteiger partial charge in [-0.1, -0.05) is 6.07 Å². The number of aromatic carboxylic acids is 1. The molecule has 4 nitrogen and oxygen atoms in total. The Kier molecular flexibility index (Phi) is 2.88. The van der Waals surface area contributed by atoms with E-state index in [-0.39, 0.29) is 17.5 Å². The van der Waals surface area contributed by atoms with Crippen molar-refractivity contribution in [2.75, 3.05) is 6.54 Å². The molecule has 0 spiro atoms. The van der Waals surface area contributed by atoms with E-state index in [1.54, 1.807) is 24.0 Å². The molecule has 2 rings (SSSR count). The van der Waals surface area contributed by atoms with E-state index < -0.39 is 5.97 Å². The molecule has 1 N–H and O–H groups in total. The summed E-state index contributed by atoms with van der Waals surface area (Å²) in [6.45, 7) is 4.18. The summed E-state index contributed by atoms with van der Waals surface area (Å²) >= 11 is 0. The zero-order valence-corrected chi connectivity index (χ0v) is 9.93. The van der Waals surface area contributed by atoms with Gasteiger partial charge < -0.3 is 10.0 Å². The van der Waals surface area contributed by atoms with Crippen LogP contribution in [-0.2, 0) is 11.2 Å². The van der Waals surface area contributed by atoms with Gasteiger partial charge in [-0.05, 0) is 36.6 Å². The van der Waals surface area contributed by atoms with E-state index in [0.29, 0.717) is 6.54 Å². The molecule has 0 saturated carbocycles. The van der Waals surface area contributed by atoms with Gasteiger partial charge in [0.15, 0.2) is 0 Å². The van der Waals surface area contributed by atoms with Crippen LogP contribution < -0.4 is 0 Å². The predicted octanol–water partition coefficient (Wildman–Crippen LogP) is 1.85. The minimum absolute atomic E-state index is 0.0314. The maximum atomic E-state index is 11.4. The summed E-state index contributed by atoms with van der Waals surface area (Å²) in [5, 5.41) is 8.97. The largest absolute Gasteiger partial charge is 0.478 e. The highest BCUT2D eigenvalue weighted by atomic mass is 16.4. The maximum absolute atomic E-state index is 11.4. The standard InChI is InChI=1S/C13H15NO3/c1-8-12-7-11(13(16)17)4-3-10(12)5-6-14(8)9(2)15/h3-4,7-8H,5-6H2,1-2H3,(H,16,17). The number of rotatable bonds is 1. The number of carboxylic acid groups (broad SMARTS) is 1. The van der Waals surface area contributed by atoms with E-state index in [1.807, 2.05) is 13.0 Å². The number of nitrogens with zero attached hydrogens (tertiary/aromatic N) is 1. The minimum Gasteiger partial charge on any atom is -0.478 e. The lowest BCUT2D eigenvalue weighted by atomic mass is 9.92. The third kappa shape index (κ3) is 2.02. The van der Waals surface area contributed by atoms with Crippen LogP contribution >= 0.6 is 0 Å². The molecule has 0 aromatic heterocycles. The summed E-state index contributed by atoms with van der Waals surface area (Å²) in [6.07, 6.45) is 0.791. The van der Waals surface area contributed by atoms with Gasteiger partial charge in [-0.15, -0.1) is 0 Å². The average molecular weight is 233 g/mol. The Hall–Kier alpha value is -1.84. The lowest BCUT2D eigenvalue weighted by Gasteiger charge is -2.34. The highest BCUT2D eigenvalue weighted by Gasteiger charge is 2.26. The van der Waals surface area contributed by atoms with Crippen molar-refractivity contribution in [1.82, 2.24) is 4.90 Å². The fraction of sp³-hybridized carbons (Fsp3) is 0.385. The van der Waals surface area contributed by atoms with E-state index in [2.05, 4.69) is 0 Å². The van der Waals surface area contributed by atoms with Crippen LogP contribution in [0, 0.1) is 0 Å². The normalized spacial score (nSPS) is 18.7. The Balaban J connectivity index is 2.42. The van der Waals surface area contributed by atoms with Crippen molar-refractivity contribution in [1.29, 1.82) is 0 Å².